The molecule has 0 radical (unpaired) electrons. The summed E-state index contributed by atoms with van der Waals surface area (Å²) in [4.78, 5) is 4.24. The Hall–Kier alpha value is -1.68. The van der Waals surface area contributed by atoms with Crippen molar-refractivity contribution in [2.24, 2.45) is 0 Å². The van der Waals surface area contributed by atoms with Gasteiger partial charge in [-0.05, 0) is 19.4 Å². The lowest BCUT2D eigenvalue weighted by molar-refractivity contribution is 0.191. The van der Waals surface area contributed by atoms with Crippen molar-refractivity contribution < 1.29 is 9.63 Å². The molecule has 0 spiro atoms. The molecule has 0 amide bonds. The molecular formula is C13H16N2O2. The second-order valence-corrected chi connectivity index (χ2v) is 4.32. The topological polar surface area (TPSA) is 59.2 Å². The van der Waals surface area contributed by atoms with Gasteiger partial charge in [-0.2, -0.15) is 4.98 Å². The number of aliphatic hydroxyl groups is 1. The van der Waals surface area contributed by atoms with Crippen LogP contribution in [0.2, 0.25) is 0 Å². The van der Waals surface area contributed by atoms with Gasteiger partial charge in [-0.1, -0.05) is 35.0 Å². The largest absolute Gasteiger partial charge is 0.393 e. The molecule has 2 aromatic rings. The summed E-state index contributed by atoms with van der Waals surface area (Å²) in [5.41, 5.74) is 2.36. The van der Waals surface area contributed by atoms with Gasteiger partial charge in [0.2, 0.25) is 5.89 Å². The van der Waals surface area contributed by atoms with E-state index in [4.69, 9.17) is 4.52 Å². The average molecular weight is 232 g/mol. The molecule has 1 aromatic carbocycles. The predicted molar refractivity (Wildman–Crippen MR) is 63.7 cm³/mol. The Morgan fingerprint density at radius 2 is 2.24 bits per heavy atom. The molecule has 4 nitrogen and oxygen atoms in total. The summed E-state index contributed by atoms with van der Waals surface area (Å²) in [6, 6.07) is 8.19. The number of aliphatic hydroxyl groups excluding tert-OH is 1. The summed E-state index contributed by atoms with van der Waals surface area (Å²) < 4.78 is 5.14. The molecule has 1 unspecified atom stereocenters. The predicted octanol–water partition coefficient (Wildman–Crippen LogP) is 1.89. The summed E-state index contributed by atoms with van der Waals surface area (Å²) in [6.45, 7) is 3.76. The first-order valence-electron chi connectivity index (χ1n) is 5.68. The summed E-state index contributed by atoms with van der Waals surface area (Å²) in [7, 11) is 0. The van der Waals surface area contributed by atoms with Crippen LogP contribution in [-0.4, -0.2) is 21.4 Å². The standard InChI is InChI=1S/C13H16N2O2/c1-9-4-3-5-11(6-9)8-13-14-12(15-17-13)7-10(2)16/h3-6,10,16H,7-8H2,1-2H3. The van der Waals surface area contributed by atoms with Crippen molar-refractivity contribution in [2.75, 3.05) is 0 Å². The maximum Gasteiger partial charge on any atom is 0.231 e. The number of hydrogen-bond acceptors (Lipinski definition) is 4. The van der Waals surface area contributed by atoms with Crippen molar-refractivity contribution in [3.05, 3.63) is 47.1 Å². The van der Waals surface area contributed by atoms with Crippen molar-refractivity contribution in [2.45, 2.75) is 32.8 Å². The lowest BCUT2D eigenvalue weighted by Crippen LogP contribution is -2.05. The van der Waals surface area contributed by atoms with Gasteiger partial charge >= 0.3 is 0 Å². The van der Waals surface area contributed by atoms with Gasteiger partial charge in [-0.3, -0.25) is 0 Å². The van der Waals surface area contributed by atoms with Crippen molar-refractivity contribution in [3.8, 4) is 0 Å². The van der Waals surface area contributed by atoms with Gasteiger partial charge in [0, 0.05) is 6.42 Å². The Morgan fingerprint density at radius 3 is 2.94 bits per heavy atom. The van der Waals surface area contributed by atoms with E-state index in [-0.39, 0.29) is 0 Å². The first kappa shape index (κ1) is 11.8. The van der Waals surface area contributed by atoms with Crippen molar-refractivity contribution in [1.82, 2.24) is 10.1 Å². The molecule has 4 heteroatoms. The molecule has 1 aromatic heterocycles. The van der Waals surface area contributed by atoms with Gasteiger partial charge < -0.3 is 9.63 Å². The van der Waals surface area contributed by atoms with E-state index in [0.717, 1.165) is 5.56 Å². The minimum Gasteiger partial charge on any atom is -0.393 e. The van der Waals surface area contributed by atoms with Crippen LogP contribution in [0.4, 0.5) is 0 Å². The summed E-state index contributed by atoms with van der Waals surface area (Å²) >= 11 is 0. The first-order chi connectivity index (χ1) is 8.13. The van der Waals surface area contributed by atoms with Gasteiger partial charge in [0.1, 0.15) is 0 Å². The highest BCUT2D eigenvalue weighted by Gasteiger charge is 2.09. The third-order valence-corrected chi connectivity index (χ3v) is 2.43. The van der Waals surface area contributed by atoms with Crippen LogP contribution in [0, 0.1) is 6.92 Å². The number of benzene rings is 1. The second kappa shape index (κ2) is 5.10. The lowest BCUT2D eigenvalue weighted by atomic mass is 10.1. The van der Waals surface area contributed by atoms with Crippen molar-refractivity contribution in [3.63, 3.8) is 0 Å². The summed E-state index contributed by atoms with van der Waals surface area (Å²) in [5.74, 6) is 1.15. The van der Waals surface area contributed by atoms with Crippen LogP contribution < -0.4 is 0 Å². The fourth-order valence-electron chi connectivity index (χ4n) is 1.71. The number of nitrogens with zero attached hydrogens (tertiary/aromatic N) is 2. The van der Waals surface area contributed by atoms with Crippen LogP contribution in [0.3, 0.4) is 0 Å². The van der Waals surface area contributed by atoms with Crippen molar-refractivity contribution >= 4 is 0 Å². The van der Waals surface area contributed by atoms with E-state index in [1.807, 2.05) is 12.1 Å². The van der Waals surface area contributed by atoms with Crippen LogP contribution in [-0.2, 0) is 12.8 Å². The van der Waals surface area contributed by atoms with E-state index in [1.165, 1.54) is 5.56 Å². The third-order valence-electron chi connectivity index (χ3n) is 2.43. The Balaban J connectivity index is 2.06. The highest BCUT2D eigenvalue weighted by atomic mass is 16.5. The van der Waals surface area contributed by atoms with E-state index >= 15 is 0 Å². The van der Waals surface area contributed by atoms with E-state index < -0.39 is 6.10 Å². The monoisotopic (exact) mass is 232 g/mol. The van der Waals surface area contributed by atoms with Gasteiger partial charge in [-0.15, -0.1) is 0 Å². The quantitative estimate of drug-likeness (QED) is 0.874. The molecular weight excluding hydrogens is 216 g/mol. The Labute approximate surface area is 100 Å². The number of rotatable bonds is 4. The maximum atomic E-state index is 9.22. The Morgan fingerprint density at radius 1 is 1.41 bits per heavy atom. The zero-order valence-corrected chi connectivity index (χ0v) is 10.1. The van der Waals surface area contributed by atoms with Gasteiger partial charge in [0.05, 0.1) is 12.5 Å². The molecule has 0 saturated heterocycles. The second-order valence-electron chi connectivity index (χ2n) is 4.32. The van der Waals surface area contributed by atoms with E-state index in [2.05, 4.69) is 29.2 Å². The number of aromatic nitrogens is 2. The van der Waals surface area contributed by atoms with E-state index in [1.54, 1.807) is 6.92 Å². The molecule has 0 saturated carbocycles. The molecule has 1 heterocycles. The van der Waals surface area contributed by atoms with Crippen LogP contribution in [0.5, 0.6) is 0 Å². The molecule has 0 aliphatic rings. The lowest BCUT2D eigenvalue weighted by Gasteiger charge is -1.98. The smallest absolute Gasteiger partial charge is 0.231 e. The molecule has 2 rings (SSSR count). The molecule has 90 valence electrons. The molecule has 17 heavy (non-hydrogen) atoms. The Bertz CT molecular complexity index is 492. The SMILES string of the molecule is Cc1cccc(Cc2nc(CC(C)O)no2)c1. The summed E-state index contributed by atoms with van der Waals surface area (Å²) in [5, 5.41) is 13.0. The minimum atomic E-state index is -0.445. The highest BCUT2D eigenvalue weighted by molar-refractivity contribution is 5.24. The van der Waals surface area contributed by atoms with Gasteiger partial charge in [-0.25, -0.2) is 0 Å². The van der Waals surface area contributed by atoms with Crippen molar-refractivity contribution in [1.29, 1.82) is 0 Å². The fourth-order valence-corrected chi connectivity index (χ4v) is 1.71. The molecule has 0 aliphatic carbocycles. The molecule has 1 atom stereocenters. The van der Waals surface area contributed by atoms with Crippen LogP contribution >= 0.6 is 0 Å². The zero-order chi connectivity index (χ0) is 12.3. The fraction of sp³-hybridized carbons (Fsp3) is 0.385. The van der Waals surface area contributed by atoms with Crippen LogP contribution in [0.25, 0.3) is 0 Å². The zero-order valence-electron chi connectivity index (χ0n) is 10.1. The molecule has 0 bridgehead atoms. The van der Waals surface area contributed by atoms with Crippen LogP contribution in [0.1, 0.15) is 29.8 Å². The molecule has 1 N–H and O–H groups in total. The molecule has 0 fully saturated rings. The first-order valence-corrected chi connectivity index (χ1v) is 5.68. The number of aryl methyl sites for hydroxylation is 1. The van der Waals surface area contributed by atoms with Crippen LogP contribution in [0.15, 0.2) is 28.8 Å². The normalized spacial score (nSPS) is 12.6. The molecule has 0 aliphatic heterocycles. The number of hydrogen-bond donors (Lipinski definition) is 1. The van der Waals surface area contributed by atoms with E-state index in [9.17, 15) is 5.11 Å². The van der Waals surface area contributed by atoms with Gasteiger partial charge in [0.25, 0.3) is 0 Å². The third kappa shape index (κ3) is 3.39. The van der Waals surface area contributed by atoms with Gasteiger partial charge in [0.15, 0.2) is 5.82 Å². The Kier molecular flexibility index (Phi) is 3.54. The highest BCUT2D eigenvalue weighted by Crippen LogP contribution is 2.10. The minimum absolute atomic E-state index is 0.428. The summed E-state index contributed by atoms with van der Waals surface area (Å²) in [6.07, 6.45) is 0.616. The average Bonchev–Trinajstić information content (AvgIpc) is 2.64. The van der Waals surface area contributed by atoms with E-state index in [0.29, 0.717) is 24.6 Å². The maximum absolute atomic E-state index is 9.22.